The molecule has 11 nitrogen and oxygen atoms in total. The first-order valence-electron chi connectivity index (χ1n) is 14.1. The molecule has 4 N–H and O–H groups in total. The van der Waals surface area contributed by atoms with Crippen molar-refractivity contribution in [2.24, 2.45) is 10.8 Å². The van der Waals surface area contributed by atoms with Crippen LogP contribution in [0.1, 0.15) is 118 Å². The van der Waals surface area contributed by atoms with Crippen molar-refractivity contribution >= 4 is 29.7 Å². The molecular formula is C29H46O11. The Labute approximate surface area is 235 Å². The third-order valence-electron chi connectivity index (χ3n) is 8.38. The van der Waals surface area contributed by atoms with E-state index in [1.807, 2.05) is 27.7 Å². The number of unbranched alkanes of at least 4 members (excludes halogenated alkanes) is 2. The van der Waals surface area contributed by atoms with Crippen molar-refractivity contribution in [3.8, 4) is 0 Å². The van der Waals surface area contributed by atoms with Crippen LogP contribution in [-0.2, 0) is 33.4 Å². The molecule has 0 aromatic carbocycles. The van der Waals surface area contributed by atoms with E-state index in [1.165, 1.54) is 0 Å². The highest BCUT2D eigenvalue weighted by molar-refractivity contribution is 5.78. The number of carboxylic acid groups (broad SMARTS) is 2. The maximum Gasteiger partial charge on any atom is 0.309 e. The Morgan fingerprint density at radius 1 is 0.725 bits per heavy atom. The largest absolute Gasteiger partial charge is 0.481 e. The van der Waals surface area contributed by atoms with Gasteiger partial charge in [0.25, 0.3) is 0 Å². The van der Waals surface area contributed by atoms with Crippen LogP contribution in [0.25, 0.3) is 0 Å². The summed E-state index contributed by atoms with van der Waals surface area (Å²) in [5.74, 6) is -3.42. The highest BCUT2D eigenvalue weighted by Crippen LogP contribution is 2.41. The smallest absolute Gasteiger partial charge is 0.309 e. The highest BCUT2D eigenvalue weighted by Gasteiger charge is 2.47. The predicted octanol–water partition coefficient (Wildman–Crippen LogP) is 3.55. The number of carbonyl (C=O) groups excluding carboxylic acids is 3. The number of rotatable bonds is 16. The number of hydrogen-bond donors (Lipinski definition) is 4. The number of ketones is 1. The second-order valence-corrected chi connectivity index (χ2v) is 13.2. The van der Waals surface area contributed by atoms with E-state index in [-0.39, 0.29) is 31.5 Å². The summed E-state index contributed by atoms with van der Waals surface area (Å²) in [4.78, 5) is 58.7. The van der Waals surface area contributed by atoms with Crippen LogP contribution in [0, 0.1) is 10.8 Å². The van der Waals surface area contributed by atoms with Gasteiger partial charge in [0.15, 0.2) is 0 Å². The average molecular weight is 571 g/mol. The molecule has 2 aliphatic rings. The first kappa shape index (κ1) is 33.7. The molecule has 0 aliphatic carbocycles. The normalized spacial score (nSPS) is 27.6. The third-order valence-corrected chi connectivity index (χ3v) is 8.38. The number of ether oxygens (including phenoxy) is 2. The Morgan fingerprint density at radius 2 is 1.07 bits per heavy atom. The van der Waals surface area contributed by atoms with Crippen molar-refractivity contribution in [1.29, 1.82) is 0 Å². The van der Waals surface area contributed by atoms with Gasteiger partial charge in [0.2, 0.25) is 0 Å². The molecule has 2 fully saturated rings. The van der Waals surface area contributed by atoms with Crippen LogP contribution in [0.15, 0.2) is 0 Å². The van der Waals surface area contributed by atoms with Gasteiger partial charge in [0.05, 0.1) is 36.9 Å². The summed E-state index contributed by atoms with van der Waals surface area (Å²) in [5, 5.41) is 39.4. The zero-order chi connectivity index (χ0) is 30.4. The minimum absolute atomic E-state index is 0.0617. The summed E-state index contributed by atoms with van der Waals surface area (Å²) in [5.41, 5.74) is -4.22. The lowest BCUT2D eigenvalue weighted by molar-refractivity contribution is -0.185. The van der Waals surface area contributed by atoms with Crippen molar-refractivity contribution < 1.29 is 53.9 Å². The fraction of sp³-hybridized carbons (Fsp3) is 0.828. The predicted molar refractivity (Wildman–Crippen MR) is 142 cm³/mol. The topological polar surface area (TPSA) is 185 Å². The Bertz CT molecular complexity index is 874. The molecule has 0 amide bonds. The number of carbonyl (C=O) groups is 5. The fourth-order valence-electron chi connectivity index (χ4n) is 5.81. The van der Waals surface area contributed by atoms with E-state index in [2.05, 4.69) is 0 Å². The van der Waals surface area contributed by atoms with Crippen LogP contribution < -0.4 is 0 Å². The first-order valence-corrected chi connectivity index (χ1v) is 14.1. The second-order valence-electron chi connectivity index (χ2n) is 13.2. The summed E-state index contributed by atoms with van der Waals surface area (Å²) >= 11 is 0. The van der Waals surface area contributed by atoms with Gasteiger partial charge in [-0.2, -0.15) is 0 Å². The van der Waals surface area contributed by atoms with Crippen molar-refractivity contribution in [2.45, 2.75) is 141 Å². The molecular weight excluding hydrogens is 524 g/mol. The third kappa shape index (κ3) is 10.5. The van der Waals surface area contributed by atoms with Gasteiger partial charge in [-0.05, 0) is 25.7 Å². The summed E-state index contributed by atoms with van der Waals surface area (Å²) in [6, 6.07) is 0. The highest BCUT2D eigenvalue weighted by atomic mass is 16.6. The molecule has 2 heterocycles. The number of carboxylic acids is 2. The van der Waals surface area contributed by atoms with E-state index in [0.717, 1.165) is 0 Å². The van der Waals surface area contributed by atoms with Gasteiger partial charge in [-0.25, -0.2) is 0 Å². The van der Waals surface area contributed by atoms with Gasteiger partial charge < -0.3 is 29.9 Å². The number of aliphatic carboxylic acids is 2. The van der Waals surface area contributed by atoms with Crippen molar-refractivity contribution in [1.82, 2.24) is 0 Å². The monoisotopic (exact) mass is 570 g/mol. The lowest BCUT2D eigenvalue weighted by atomic mass is 9.73. The fourth-order valence-corrected chi connectivity index (χ4v) is 5.81. The summed E-state index contributed by atoms with van der Waals surface area (Å²) in [7, 11) is 0. The summed E-state index contributed by atoms with van der Waals surface area (Å²) in [6.45, 7) is 7.64. The second kappa shape index (κ2) is 13.4. The van der Waals surface area contributed by atoms with Crippen molar-refractivity contribution in [3.63, 3.8) is 0 Å². The molecule has 4 atom stereocenters. The van der Waals surface area contributed by atoms with E-state index in [1.54, 1.807) is 0 Å². The van der Waals surface area contributed by atoms with Crippen LogP contribution >= 0.6 is 0 Å². The molecule has 2 saturated heterocycles. The van der Waals surface area contributed by atoms with Gasteiger partial charge in [0.1, 0.15) is 18.0 Å². The first-order chi connectivity index (χ1) is 18.3. The molecule has 11 heteroatoms. The maximum absolute atomic E-state index is 12.4. The van der Waals surface area contributed by atoms with E-state index in [0.29, 0.717) is 51.4 Å². The standard InChI is InChI=1S/C29H46O11/c1-26(2,20-13-28(37,15-22(31)32)17-24(35)39-20)11-7-5-9-19(30)10-6-8-12-27(3,4)21-14-29(38,16-23(33)34)18-25(36)40-21/h20-21,37-38H,5-18H2,1-4H3,(H,31,32)(H,33,34). The molecule has 40 heavy (non-hydrogen) atoms. The van der Waals surface area contributed by atoms with Gasteiger partial charge >= 0.3 is 23.9 Å². The van der Waals surface area contributed by atoms with Crippen LogP contribution in [-0.4, -0.2) is 73.5 Å². The number of Topliss-reactive ketones (excluding diaryl/α,β-unsaturated/α-hetero) is 1. The van der Waals surface area contributed by atoms with Crippen LogP contribution in [0.4, 0.5) is 0 Å². The minimum atomic E-state index is -1.62. The number of cyclic esters (lactones) is 2. The molecule has 4 unspecified atom stereocenters. The molecule has 2 rings (SSSR count). The van der Waals surface area contributed by atoms with Gasteiger partial charge in [0, 0.05) is 36.5 Å². The maximum atomic E-state index is 12.4. The molecule has 0 aromatic heterocycles. The Hall–Kier alpha value is -2.53. The van der Waals surface area contributed by atoms with Crippen LogP contribution in [0.2, 0.25) is 0 Å². The molecule has 0 radical (unpaired) electrons. The Kier molecular flexibility index (Phi) is 11.3. The summed E-state index contributed by atoms with van der Waals surface area (Å²) < 4.78 is 10.9. The van der Waals surface area contributed by atoms with Gasteiger partial charge in [-0.15, -0.1) is 0 Å². The lowest BCUT2D eigenvalue weighted by Gasteiger charge is -2.42. The SMILES string of the molecule is CC(C)(CCCCC(=O)CCCCC(C)(C)C1CC(O)(CC(=O)O)CC(=O)O1)C1CC(O)(CC(=O)O)CC(=O)O1. The van der Waals surface area contributed by atoms with E-state index >= 15 is 0 Å². The van der Waals surface area contributed by atoms with Crippen molar-refractivity contribution in [2.75, 3.05) is 0 Å². The van der Waals surface area contributed by atoms with Gasteiger partial charge in [-0.1, -0.05) is 40.5 Å². The zero-order valence-electron chi connectivity index (χ0n) is 24.2. The van der Waals surface area contributed by atoms with E-state index in [9.17, 15) is 34.2 Å². The number of hydrogen-bond acceptors (Lipinski definition) is 9. The number of esters is 2. The molecule has 2 aliphatic heterocycles. The molecule has 228 valence electrons. The van der Waals surface area contributed by atoms with Crippen LogP contribution in [0.5, 0.6) is 0 Å². The minimum Gasteiger partial charge on any atom is -0.481 e. The molecule has 0 spiro atoms. The van der Waals surface area contributed by atoms with E-state index in [4.69, 9.17) is 19.7 Å². The zero-order valence-corrected chi connectivity index (χ0v) is 24.2. The van der Waals surface area contributed by atoms with Gasteiger partial charge in [-0.3, -0.25) is 24.0 Å². The quantitative estimate of drug-likeness (QED) is 0.157. The Balaban J connectivity index is 1.72. The number of aliphatic hydroxyl groups is 2. The molecule has 0 bridgehead atoms. The molecule has 0 saturated carbocycles. The average Bonchev–Trinajstić information content (AvgIpc) is 2.76. The van der Waals surface area contributed by atoms with E-state index < -0.39 is 71.0 Å². The van der Waals surface area contributed by atoms with Crippen molar-refractivity contribution in [3.05, 3.63) is 0 Å². The Morgan fingerprint density at radius 3 is 1.40 bits per heavy atom. The molecule has 0 aromatic rings. The summed E-state index contributed by atoms with van der Waals surface area (Å²) in [6.07, 6.45) is 2.05. The van der Waals surface area contributed by atoms with Crippen LogP contribution in [0.3, 0.4) is 0 Å². The lowest BCUT2D eigenvalue weighted by Crippen LogP contribution is -2.49.